The fourth-order valence-corrected chi connectivity index (χ4v) is 8.43. The van der Waals surface area contributed by atoms with Gasteiger partial charge in [-0.1, -0.05) is 97.1 Å². The van der Waals surface area contributed by atoms with Gasteiger partial charge in [0, 0.05) is 43.9 Å². The fourth-order valence-electron chi connectivity index (χ4n) is 8.43. The summed E-state index contributed by atoms with van der Waals surface area (Å²) in [4.78, 5) is 10.6. The van der Waals surface area contributed by atoms with Crippen LogP contribution in [-0.4, -0.2) is 23.7 Å². The van der Waals surface area contributed by atoms with Gasteiger partial charge in [0.15, 0.2) is 0 Å². The number of rotatable bonds is 4. The van der Waals surface area contributed by atoms with E-state index >= 15 is 0 Å². The van der Waals surface area contributed by atoms with E-state index < -0.39 is 0 Å². The zero-order valence-electron chi connectivity index (χ0n) is 27.7. The number of hydrogen-bond acceptors (Lipinski definition) is 2. The van der Waals surface area contributed by atoms with Crippen LogP contribution in [0.2, 0.25) is 0 Å². The molecule has 240 valence electrons. The molecule has 0 amide bonds. The molecule has 5 nitrogen and oxygen atoms in total. The van der Waals surface area contributed by atoms with Crippen molar-refractivity contribution in [3.63, 3.8) is 0 Å². The third-order valence-corrected chi connectivity index (χ3v) is 10.5. The van der Waals surface area contributed by atoms with Crippen molar-refractivity contribution in [2.75, 3.05) is 0 Å². The molecule has 0 radical (unpaired) electrons. The summed E-state index contributed by atoms with van der Waals surface area (Å²) in [5.74, 6) is 1.78. The molecule has 0 fully saturated rings. The molecule has 1 aliphatic carbocycles. The summed E-state index contributed by atoms with van der Waals surface area (Å²) in [5, 5.41) is 6.20. The van der Waals surface area contributed by atoms with Gasteiger partial charge in [0.1, 0.15) is 11.6 Å². The minimum Gasteiger partial charge on any atom is -0.309 e. The predicted octanol–water partition coefficient (Wildman–Crippen LogP) is 11.2. The topological polar surface area (TPSA) is 40.6 Å². The lowest BCUT2D eigenvalue weighted by Gasteiger charge is -2.14. The third-order valence-electron chi connectivity index (χ3n) is 10.5. The van der Waals surface area contributed by atoms with Crippen LogP contribution in [0.25, 0.3) is 89.3 Å². The van der Waals surface area contributed by atoms with Crippen LogP contribution in [0.1, 0.15) is 17.7 Å². The first-order chi connectivity index (χ1) is 25.3. The van der Waals surface area contributed by atoms with E-state index in [4.69, 9.17) is 9.97 Å². The van der Waals surface area contributed by atoms with Crippen molar-refractivity contribution in [1.82, 2.24) is 23.7 Å². The van der Waals surface area contributed by atoms with Gasteiger partial charge in [-0.05, 0) is 79.6 Å². The number of pyridine rings is 2. The van der Waals surface area contributed by atoms with Crippen LogP contribution in [0.4, 0.5) is 0 Å². The van der Waals surface area contributed by atoms with Crippen LogP contribution in [0.15, 0.2) is 158 Å². The minimum atomic E-state index is 0.840. The van der Waals surface area contributed by atoms with E-state index in [9.17, 15) is 0 Å². The lowest BCUT2D eigenvalue weighted by atomic mass is 10.0. The van der Waals surface area contributed by atoms with E-state index in [0.29, 0.717) is 0 Å². The van der Waals surface area contributed by atoms with Crippen LogP contribution >= 0.6 is 0 Å². The molecule has 5 aromatic heterocycles. The van der Waals surface area contributed by atoms with Gasteiger partial charge in [-0.25, -0.2) is 9.97 Å². The first-order valence-electron chi connectivity index (χ1n) is 17.6. The summed E-state index contributed by atoms with van der Waals surface area (Å²) >= 11 is 0. The standard InChI is InChI=1S/C46H31N5/c1-2-14-30(15-3-1)49-39-24-10-6-18-33(39)45-41(49)28-29-42-46(45)34-19-7-11-25-40(34)51(42)44-27-13-21-36(48-44)35-20-12-26-43(47-35)50-37-22-8-4-16-31(37)32-17-5-9-23-38(32)50/h1-8,10-22,24-29H,9,23H2. The molecule has 0 saturated carbocycles. The Kier molecular flexibility index (Phi) is 6.01. The number of para-hydroxylation sites is 4. The number of nitrogens with zero attached hydrogens (tertiary/aromatic N) is 5. The number of fused-ring (bicyclic) bond motifs is 10. The highest BCUT2D eigenvalue weighted by Gasteiger charge is 2.22. The SMILES string of the molecule is C1=Cc2c(n(-c3cccc(-c4cccc(-n5c6ccccc6c6c7c8ccccc8n(-c8ccccc8)c7ccc65)n4)n3)c3ccccc23)CC1. The highest BCUT2D eigenvalue weighted by Crippen LogP contribution is 2.42. The highest BCUT2D eigenvalue weighted by atomic mass is 15.1. The number of hydrogen-bond donors (Lipinski definition) is 0. The zero-order valence-corrected chi connectivity index (χ0v) is 27.7. The van der Waals surface area contributed by atoms with Crippen molar-refractivity contribution < 1.29 is 0 Å². The predicted molar refractivity (Wildman–Crippen MR) is 210 cm³/mol. The van der Waals surface area contributed by atoms with E-state index in [1.807, 2.05) is 0 Å². The molecule has 0 atom stereocenters. The molecule has 11 rings (SSSR count). The lowest BCUT2D eigenvalue weighted by Crippen LogP contribution is -2.05. The molecule has 0 unspecified atom stereocenters. The molecule has 5 heterocycles. The van der Waals surface area contributed by atoms with Crippen molar-refractivity contribution in [2.24, 2.45) is 0 Å². The van der Waals surface area contributed by atoms with Crippen molar-refractivity contribution in [3.05, 3.63) is 169 Å². The Morgan fingerprint density at radius 2 is 0.941 bits per heavy atom. The Balaban J connectivity index is 1.12. The van der Waals surface area contributed by atoms with Gasteiger partial charge in [0.05, 0.1) is 39.0 Å². The molecular formula is C46H31N5. The van der Waals surface area contributed by atoms with E-state index in [1.54, 1.807) is 0 Å². The van der Waals surface area contributed by atoms with Crippen LogP contribution < -0.4 is 0 Å². The van der Waals surface area contributed by atoms with Gasteiger partial charge in [-0.3, -0.25) is 9.13 Å². The van der Waals surface area contributed by atoms with Gasteiger partial charge in [-0.15, -0.1) is 0 Å². The van der Waals surface area contributed by atoms with Crippen LogP contribution in [0, 0.1) is 0 Å². The first-order valence-corrected chi connectivity index (χ1v) is 17.6. The van der Waals surface area contributed by atoms with Crippen molar-refractivity contribution in [1.29, 1.82) is 0 Å². The monoisotopic (exact) mass is 653 g/mol. The summed E-state index contributed by atoms with van der Waals surface area (Å²) in [5.41, 5.74) is 11.3. The molecule has 1 aliphatic rings. The van der Waals surface area contributed by atoms with Crippen LogP contribution in [0.5, 0.6) is 0 Å². The molecule has 0 bridgehead atoms. The van der Waals surface area contributed by atoms with E-state index in [1.165, 1.54) is 54.7 Å². The second-order valence-corrected chi connectivity index (χ2v) is 13.3. The highest BCUT2D eigenvalue weighted by molar-refractivity contribution is 6.28. The second-order valence-electron chi connectivity index (χ2n) is 13.3. The molecular weight excluding hydrogens is 623 g/mol. The zero-order chi connectivity index (χ0) is 33.5. The first kappa shape index (κ1) is 28.2. The van der Waals surface area contributed by atoms with Crippen LogP contribution in [0.3, 0.4) is 0 Å². The number of allylic oxidation sites excluding steroid dienone is 1. The van der Waals surface area contributed by atoms with Crippen molar-refractivity contribution in [2.45, 2.75) is 12.8 Å². The number of benzene rings is 5. The normalized spacial score (nSPS) is 12.9. The van der Waals surface area contributed by atoms with Gasteiger partial charge in [-0.2, -0.15) is 0 Å². The maximum absolute atomic E-state index is 5.33. The summed E-state index contributed by atoms with van der Waals surface area (Å²) in [6.07, 6.45) is 6.57. The summed E-state index contributed by atoms with van der Waals surface area (Å²) < 4.78 is 7.04. The van der Waals surface area contributed by atoms with Crippen LogP contribution in [-0.2, 0) is 6.42 Å². The molecule has 51 heavy (non-hydrogen) atoms. The maximum Gasteiger partial charge on any atom is 0.138 e. The second kappa shape index (κ2) is 10.9. The molecule has 5 aromatic carbocycles. The molecule has 0 saturated heterocycles. The Bertz CT molecular complexity index is 3030. The van der Waals surface area contributed by atoms with Gasteiger partial charge >= 0.3 is 0 Å². The molecule has 0 spiro atoms. The number of aromatic nitrogens is 5. The van der Waals surface area contributed by atoms with E-state index in [0.717, 1.165) is 52.6 Å². The smallest absolute Gasteiger partial charge is 0.138 e. The molecule has 5 heteroatoms. The van der Waals surface area contributed by atoms with Crippen molar-refractivity contribution in [3.8, 4) is 28.7 Å². The largest absolute Gasteiger partial charge is 0.309 e. The fraction of sp³-hybridized carbons (Fsp3) is 0.0435. The molecule has 0 aliphatic heterocycles. The summed E-state index contributed by atoms with van der Waals surface area (Å²) in [7, 11) is 0. The minimum absolute atomic E-state index is 0.840. The van der Waals surface area contributed by atoms with Gasteiger partial charge in [0.25, 0.3) is 0 Å². The van der Waals surface area contributed by atoms with Crippen molar-refractivity contribution >= 4 is 60.6 Å². The molecule has 10 aromatic rings. The average molecular weight is 654 g/mol. The Morgan fingerprint density at radius 1 is 0.412 bits per heavy atom. The Labute approximate surface area is 294 Å². The quantitative estimate of drug-likeness (QED) is 0.190. The van der Waals surface area contributed by atoms with Gasteiger partial charge < -0.3 is 4.57 Å². The Hall–Kier alpha value is -6.72. The third kappa shape index (κ3) is 4.09. The Morgan fingerprint density at radius 3 is 1.61 bits per heavy atom. The van der Waals surface area contributed by atoms with Gasteiger partial charge in [0.2, 0.25) is 0 Å². The maximum atomic E-state index is 5.33. The summed E-state index contributed by atoms with van der Waals surface area (Å²) in [6.45, 7) is 0. The summed E-state index contributed by atoms with van der Waals surface area (Å²) in [6, 6.07) is 53.9. The average Bonchev–Trinajstić information content (AvgIpc) is 3.84. The molecule has 0 N–H and O–H groups in total. The lowest BCUT2D eigenvalue weighted by molar-refractivity contribution is 0.871. The van der Waals surface area contributed by atoms with E-state index in [-0.39, 0.29) is 0 Å². The van der Waals surface area contributed by atoms with E-state index in [2.05, 4.69) is 178 Å².